The van der Waals surface area contributed by atoms with Gasteiger partial charge in [-0.2, -0.15) is 5.10 Å². The minimum atomic E-state index is -0.00832. The fourth-order valence-corrected chi connectivity index (χ4v) is 2.24. The molecule has 2 aromatic rings. The van der Waals surface area contributed by atoms with Gasteiger partial charge in [-0.15, -0.1) is 0 Å². The molecule has 3 N–H and O–H groups in total. The maximum absolute atomic E-state index is 5.70. The van der Waals surface area contributed by atoms with Crippen molar-refractivity contribution < 1.29 is 4.74 Å². The van der Waals surface area contributed by atoms with Crippen LogP contribution in [0.25, 0.3) is 0 Å². The molecule has 0 saturated carbocycles. The lowest BCUT2D eigenvalue weighted by Crippen LogP contribution is -2.30. The summed E-state index contributed by atoms with van der Waals surface area (Å²) in [5.41, 5.74) is 3.95. The van der Waals surface area contributed by atoms with Crippen molar-refractivity contribution in [2.45, 2.75) is 32.9 Å². The third-order valence-electron chi connectivity index (χ3n) is 3.34. The summed E-state index contributed by atoms with van der Waals surface area (Å²) >= 11 is 0. The number of nitrogens with one attached hydrogen (secondary N) is 1. The Morgan fingerprint density at radius 1 is 1.29 bits per heavy atom. The number of hydrazine groups is 1. The third-order valence-corrected chi connectivity index (χ3v) is 3.34. The number of hydrogen-bond donors (Lipinski definition) is 2. The zero-order chi connectivity index (χ0) is 15.2. The van der Waals surface area contributed by atoms with Gasteiger partial charge in [0, 0.05) is 13.0 Å². The Balaban J connectivity index is 2.13. The third kappa shape index (κ3) is 4.03. The molecule has 21 heavy (non-hydrogen) atoms. The Morgan fingerprint density at radius 2 is 2.00 bits per heavy atom. The molecule has 114 valence electrons. The van der Waals surface area contributed by atoms with E-state index in [1.807, 2.05) is 28.9 Å². The summed E-state index contributed by atoms with van der Waals surface area (Å²) in [5, 5.41) is 4.28. The fourth-order valence-electron chi connectivity index (χ4n) is 2.24. The number of ether oxygens (including phenoxy) is 1. The van der Waals surface area contributed by atoms with Crippen LogP contribution in [-0.4, -0.2) is 21.9 Å². The maximum atomic E-state index is 5.70. The Kier molecular flexibility index (Phi) is 5.30. The van der Waals surface area contributed by atoms with Crippen molar-refractivity contribution in [1.82, 2.24) is 20.2 Å². The molecule has 0 amide bonds. The fraction of sp³-hybridized carbons (Fsp3) is 0.467. The van der Waals surface area contributed by atoms with Gasteiger partial charge in [0.15, 0.2) is 0 Å². The zero-order valence-electron chi connectivity index (χ0n) is 12.8. The second kappa shape index (κ2) is 7.19. The summed E-state index contributed by atoms with van der Waals surface area (Å²) in [7, 11) is 1.65. The lowest BCUT2D eigenvalue weighted by Gasteiger charge is -2.17. The molecule has 0 spiro atoms. The molecule has 0 radical (unpaired) electrons. The lowest BCUT2D eigenvalue weighted by atomic mass is 10.0. The number of rotatable bonds is 7. The van der Waals surface area contributed by atoms with Gasteiger partial charge in [0.05, 0.1) is 13.2 Å². The molecule has 2 rings (SSSR count). The summed E-state index contributed by atoms with van der Waals surface area (Å²) in [6, 6.07) is 7.86. The van der Waals surface area contributed by atoms with Gasteiger partial charge in [0.2, 0.25) is 0 Å². The Morgan fingerprint density at radius 3 is 2.57 bits per heavy atom. The summed E-state index contributed by atoms with van der Waals surface area (Å²) in [6.45, 7) is 5.18. The standard InChI is InChI=1S/C15H23N5O/c1-11(2)9-20-15(17-10-18-20)8-14(19-16)12-4-6-13(21-3)7-5-12/h4-7,10-11,14,19H,8-9,16H2,1-3H3. The molecule has 0 aliphatic carbocycles. The summed E-state index contributed by atoms with van der Waals surface area (Å²) in [4.78, 5) is 4.35. The number of nitrogens with two attached hydrogens (primary N) is 1. The molecular formula is C15H23N5O. The monoisotopic (exact) mass is 289 g/mol. The summed E-state index contributed by atoms with van der Waals surface area (Å²) < 4.78 is 7.12. The van der Waals surface area contributed by atoms with Crippen LogP contribution in [0.4, 0.5) is 0 Å². The van der Waals surface area contributed by atoms with E-state index in [9.17, 15) is 0 Å². The van der Waals surface area contributed by atoms with Crippen LogP contribution in [-0.2, 0) is 13.0 Å². The van der Waals surface area contributed by atoms with E-state index >= 15 is 0 Å². The topological polar surface area (TPSA) is 78.0 Å². The average Bonchev–Trinajstić information content (AvgIpc) is 2.91. The highest BCUT2D eigenvalue weighted by molar-refractivity contribution is 5.29. The Hall–Kier alpha value is -1.92. The highest BCUT2D eigenvalue weighted by atomic mass is 16.5. The molecule has 0 saturated heterocycles. The van der Waals surface area contributed by atoms with Crippen LogP contribution in [0.1, 0.15) is 31.3 Å². The largest absolute Gasteiger partial charge is 0.497 e. The molecule has 1 aromatic heterocycles. The van der Waals surface area contributed by atoms with Gasteiger partial charge >= 0.3 is 0 Å². The smallest absolute Gasteiger partial charge is 0.138 e. The maximum Gasteiger partial charge on any atom is 0.138 e. The first-order chi connectivity index (χ1) is 10.1. The van der Waals surface area contributed by atoms with E-state index in [-0.39, 0.29) is 6.04 Å². The van der Waals surface area contributed by atoms with Crippen molar-refractivity contribution in [3.63, 3.8) is 0 Å². The zero-order valence-corrected chi connectivity index (χ0v) is 12.8. The first-order valence-corrected chi connectivity index (χ1v) is 7.10. The average molecular weight is 289 g/mol. The van der Waals surface area contributed by atoms with Crippen LogP contribution in [0.2, 0.25) is 0 Å². The highest BCUT2D eigenvalue weighted by Crippen LogP contribution is 2.20. The minimum absolute atomic E-state index is 0.00832. The SMILES string of the molecule is COc1ccc(C(Cc2ncnn2CC(C)C)NN)cc1. The molecule has 1 aromatic carbocycles. The predicted octanol–water partition coefficient (Wildman–Crippen LogP) is 1.69. The number of hydrogen-bond acceptors (Lipinski definition) is 5. The van der Waals surface area contributed by atoms with Crippen LogP contribution in [0, 0.1) is 5.92 Å². The van der Waals surface area contributed by atoms with E-state index in [2.05, 4.69) is 29.4 Å². The van der Waals surface area contributed by atoms with Crippen molar-refractivity contribution in [2.75, 3.05) is 7.11 Å². The van der Waals surface area contributed by atoms with Crippen molar-refractivity contribution in [1.29, 1.82) is 0 Å². The van der Waals surface area contributed by atoms with Crippen LogP contribution < -0.4 is 16.0 Å². The van der Waals surface area contributed by atoms with E-state index in [1.165, 1.54) is 0 Å². The highest BCUT2D eigenvalue weighted by Gasteiger charge is 2.15. The van der Waals surface area contributed by atoms with E-state index < -0.39 is 0 Å². The van der Waals surface area contributed by atoms with Gasteiger partial charge < -0.3 is 4.74 Å². The van der Waals surface area contributed by atoms with Gasteiger partial charge in [-0.05, 0) is 23.6 Å². The van der Waals surface area contributed by atoms with Gasteiger partial charge in [-0.3, -0.25) is 11.3 Å². The van der Waals surface area contributed by atoms with E-state index in [1.54, 1.807) is 13.4 Å². The van der Waals surface area contributed by atoms with Crippen molar-refractivity contribution in [3.05, 3.63) is 42.0 Å². The van der Waals surface area contributed by atoms with Crippen molar-refractivity contribution >= 4 is 0 Å². The number of aromatic nitrogens is 3. The number of nitrogens with zero attached hydrogens (tertiary/aromatic N) is 3. The first-order valence-electron chi connectivity index (χ1n) is 7.10. The van der Waals surface area contributed by atoms with Crippen LogP contribution in [0.3, 0.4) is 0 Å². The number of methoxy groups -OCH3 is 1. The van der Waals surface area contributed by atoms with Crippen LogP contribution >= 0.6 is 0 Å². The van der Waals surface area contributed by atoms with E-state index in [4.69, 9.17) is 10.6 Å². The summed E-state index contributed by atoms with van der Waals surface area (Å²) in [6.07, 6.45) is 2.29. The molecule has 0 fully saturated rings. The van der Waals surface area contributed by atoms with E-state index in [0.29, 0.717) is 12.3 Å². The number of benzene rings is 1. The predicted molar refractivity (Wildman–Crippen MR) is 81.6 cm³/mol. The van der Waals surface area contributed by atoms with Crippen molar-refractivity contribution in [3.8, 4) is 5.75 Å². The molecule has 0 aliphatic rings. The van der Waals surface area contributed by atoms with Gasteiger partial charge in [0.1, 0.15) is 17.9 Å². The summed E-state index contributed by atoms with van der Waals surface area (Å²) in [5.74, 6) is 7.99. The molecule has 6 nitrogen and oxygen atoms in total. The van der Waals surface area contributed by atoms with Crippen LogP contribution in [0.5, 0.6) is 5.75 Å². The minimum Gasteiger partial charge on any atom is -0.497 e. The van der Waals surface area contributed by atoms with Crippen LogP contribution in [0.15, 0.2) is 30.6 Å². The molecule has 1 heterocycles. The molecule has 6 heteroatoms. The molecule has 0 bridgehead atoms. The first kappa shape index (κ1) is 15.5. The van der Waals surface area contributed by atoms with E-state index in [0.717, 1.165) is 23.7 Å². The van der Waals surface area contributed by atoms with Gasteiger partial charge in [0.25, 0.3) is 0 Å². The normalized spacial score (nSPS) is 12.6. The Bertz CT molecular complexity index is 549. The quantitative estimate of drug-likeness (QED) is 0.599. The molecule has 1 unspecified atom stereocenters. The molecule has 0 aliphatic heterocycles. The second-order valence-corrected chi connectivity index (χ2v) is 5.45. The van der Waals surface area contributed by atoms with Gasteiger partial charge in [-0.25, -0.2) is 9.67 Å². The van der Waals surface area contributed by atoms with Gasteiger partial charge in [-0.1, -0.05) is 26.0 Å². The van der Waals surface area contributed by atoms with Crippen molar-refractivity contribution in [2.24, 2.45) is 11.8 Å². The molecular weight excluding hydrogens is 266 g/mol. The Labute approximate surface area is 125 Å². The lowest BCUT2D eigenvalue weighted by molar-refractivity contribution is 0.414. The second-order valence-electron chi connectivity index (χ2n) is 5.45. The molecule has 1 atom stereocenters.